The molecule has 3 aromatic rings. The zero-order valence-electron chi connectivity index (χ0n) is 10.5. The Balaban J connectivity index is 2.03. The summed E-state index contributed by atoms with van der Waals surface area (Å²) in [4.78, 5) is 6.93. The van der Waals surface area contributed by atoms with Gasteiger partial charge in [-0.2, -0.15) is 18.2 Å². The third-order valence-corrected chi connectivity index (χ3v) is 2.79. The Hall–Kier alpha value is -2.77. The lowest BCUT2D eigenvalue weighted by Crippen LogP contribution is -2.06. The first kappa shape index (κ1) is 13.2. The molecule has 1 aromatic carbocycles. The molecule has 0 aliphatic rings. The van der Waals surface area contributed by atoms with Crippen LogP contribution in [0.4, 0.5) is 18.9 Å². The highest BCUT2D eigenvalue weighted by atomic mass is 19.4. The molecule has 0 aliphatic heterocycles. The second kappa shape index (κ2) is 4.65. The summed E-state index contributed by atoms with van der Waals surface area (Å²) in [7, 11) is 0. The summed E-state index contributed by atoms with van der Waals surface area (Å²) in [5, 5.41) is 3.72. The van der Waals surface area contributed by atoms with Crippen LogP contribution in [0, 0.1) is 0 Å². The van der Waals surface area contributed by atoms with Crippen molar-refractivity contribution in [3.05, 3.63) is 42.1 Å². The first-order valence-electron chi connectivity index (χ1n) is 5.89. The molecular weight excluding hydrogens is 285 g/mol. The van der Waals surface area contributed by atoms with Crippen molar-refractivity contribution < 1.29 is 17.7 Å². The zero-order chi connectivity index (χ0) is 15.0. The van der Waals surface area contributed by atoms with Gasteiger partial charge in [0.2, 0.25) is 5.82 Å². The predicted octanol–water partition coefficient (Wildman–Crippen LogP) is 3.33. The molecule has 21 heavy (non-hydrogen) atoms. The second-order valence-corrected chi connectivity index (χ2v) is 4.35. The number of rotatable bonds is 2. The topological polar surface area (TPSA) is 80.7 Å². The van der Waals surface area contributed by atoms with E-state index in [1.54, 1.807) is 18.3 Å². The summed E-state index contributed by atoms with van der Waals surface area (Å²) in [6.07, 6.45) is -2.82. The van der Waals surface area contributed by atoms with Crippen molar-refractivity contribution in [1.82, 2.24) is 15.1 Å². The molecule has 0 unspecified atom stereocenters. The summed E-state index contributed by atoms with van der Waals surface area (Å²) < 4.78 is 43.3. The van der Waals surface area contributed by atoms with E-state index in [1.807, 2.05) is 0 Å². The van der Waals surface area contributed by atoms with E-state index in [4.69, 9.17) is 10.3 Å². The van der Waals surface area contributed by atoms with Gasteiger partial charge in [0.15, 0.2) is 0 Å². The Bertz CT molecular complexity index is 762. The smallest absolute Gasteiger partial charge is 0.399 e. The normalized spacial score (nSPS) is 11.8. The van der Waals surface area contributed by atoms with Crippen molar-refractivity contribution in [3.8, 4) is 23.0 Å². The summed E-state index contributed by atoms with van der Waals surface area (Å²) >= 11 is 0. The number of nitrogens with zero attached hydrogens (tertiary/aromatic N) is 2. The average molecular weight is 294 g/mol. The zero-order valence-corrected chi connectivity index (χ0v) is 10.5. The first-order valence-corrected chi connectivity index (χ1v) is 5.89. The molecule has 0 aliphatic carbocycles. The number of halogens is 3. The van der Waals surface area contributed by atoms with Gasteiger partial charge < -0.3 is 15.2 Å². The average Bonchev–Trinajstić information content (AvgIpc) is 3.08. The maximum absolute atomic E-state index is 12.8. The molecule has 8 heteroatoms. The lowest BCUT2D eigenvalue weighted by Gasteiger charge is -2.08. The van der Waals surface area contributed by atoms with Crippen LogP contribution in [0.3, 0.4) is 0 Å². The number of nitrogens with two attached hydrogens (primary N) is 1. The van der Waals surface area contributed by atoms with Gasteiger partial charge in [-0.05, 0) is 30.3 Å². The van der Waals surface area contributed by atoms with E-state index in [2.05, 4.69) is 15.1 Å². The molecular formula is C13H9F3N4O. The summed E-state index contributed by atoms with van der Waals surface area (Å²) in [6, 6.07) is 6.58. The number of alkyl halides is 3. The molecule has 3 rings (SSSR count). The predicted molar refractivity (Wildman–Crippen MR) is 68.9 cm³/mol. The van der Waals surface area contributed by atoms with Crippen molar-refractivity contribution in [2.75, 3.05) is 5.73 Å². The number of hydrogen-bond acceptors (Lipinski definition) is 4. The highest BCUT2D eigenvalue weighted by Crippen LogP contribution is 2.34. The van der Waals surface area contributed by atoms with E-state index >= 15 is 0 Å². The first-order chi connectivity index (χ1) is 9.93. The number of nitrogens with one attached hydrogen (secondary N) is 1. The van der Waals surface area contributed by atoms with Crippen molar-refractivity contribution in [3.63, 3.8) is 0 Å². The molecule has 0 radical (unpaired) electrons. The van der Waals surface area contributed by atoms with E-state index in [0.29, 0.717) is 5.69 Å². The molecule has 2 aromatic heterocycles. The minimum absolute atomic E-state index is 0.0283. The van der Waals surface area contributed by atoms with Crippen LogP contribution in [0.1, 0.15) is 5.56 Å². The van der Waals surface area contributed by atoms with Crippen molar-refractivity contribution >= 4 is 5.69 Å². The Morgan fingerprint density at radius 3 is 2.67 bits per heavy atom. The van der Waals surface area contributed by atoms with Crippen LogP contribution in [0.2, 0.25) is 0 Å². The van der Waals surface area contributed by atoms with Crippen LogP contribution in [-0.2, 0) is 6.18 Å². The van der Waals surface area contributed by atoms with Gasteiger partial charge in [-0.1, -0.05) is 5.16 Å². The standard InChI is InChI=1S/C13H9F3N4O/c14-13(15,16)8-4-7(5-9(17)6-8)12-19-11(20-21-12)10-2-1-3-18-10/h1-6,18H,17H2. The lowest BCUT2D eigenvalue weighted by atomic mass is 10.1. The summed E-state index contributed by atoms with van der Waals surface area (Å²) in [5.74, 6) is 0.225. The molecule has 108 valence electrons. The van der Waals surface area contributed by atoms with E-state index in [-0.39, 0.29) is 23.0 Å². The van der Waals surface area contributed by atoms with Gasteiger partial charge in [0, 0.05) is 17.4 Å². The summed E-state index contributed by atoms with van der Waals surface area (Å²) in [5.41, 5.74) is 5.33. The SMILES string of the molecule is Nc1cc(-c2nc(-c3ccc[nH]3)no2)cc(C(F)(F)F)c1. The van der Waals surface area contributed by atoms with Gasteiger partial charge in [-0.15, -0.1) is 0 Å². The fraction of sp³-hybridized carbons (Fsp3) is 0.0769. The van der Waals surface area contributed by atoms with E-state index < -0.39 is 11.7 Å². The van der Waals surface area contributed by atoms with Crippen molar-refractivity contribution in [2.45, 2.75) is 6.18 Å². The highest BCUT2D eigenvalue weighted by molar-refractivity contribution is 5.63. The molecule has 0 atom stereocenters. The van der Waals surface area contributed by atoms with Gasteiger partial charge >= 0.3 is 6.18 Å². The van der Waals surface area contributed by atoms with Crippen LogP contribution in [0.15, 0.2) is 41.1 Å². The van der Waals surface area contributed by atoms with Crippen LogP contribution < -0.4 is 5.73 Å². The molecule has 0 saturated heterocycles. The second-order valence-electron chi connectivity index (χ2n) is 4.35. The molecule has 0 spiro atoms. The van der Waals surface area contributed by atoms with E-state index in [9.17, 15) is 13.2 Å². The van der Waals surface area contributed by atoms with Gasteiger partial charge in [0.1, 0.15) is 0 Å². The number of benzene rings is 1. The van der Waals surface area contributed by atoms with E-state index in [0.717, 1.165) is 12.1 Å². The van der Waals surface area contributed by atoms with Crippen molar-refractivity contribution in [1.29, 1.82) is 0 Å². The number of hydrogen-bond donors (Lipinski definition) is 2. The quantitative estimate of drug-likeness (QED) is 0.710. The van der Waals surface area contributed by atoms with Gasteiger partial charge in [-0.25, -0.2) is 0 Å². The number of anilines is 1. The van der Waals surface area contributed by atoms with Gasteiger partial charge in [-0.3, -0.25) is 0 Å². The molecule has 0 amide bonds. The Morgan fingerprint density at radius 1 is 1.19 bits per heavy atom. The number of nitrogen functional groups attached to an aromatic ring is 1. The molecule has 0 saturated carbocycles. The Labute approximate surface area is 116 Å². The van der Waals surface area contributed by atoms with Crippen LogP contribution in [-0.4, -0.2) is 15.1 Å². The Kier molecular flexibility index (Phi) is 2.93. The number of H-pyrrole nitrogens is 1. The number of aromatic nitrogens is 3. The summed E-state index contributed by atoms with van der Waals surface area (Å²) in [6.45, 7) is 0. The Morgan fingerprint density at radius 2 is 2.00 bits per heavy atom. The van der Waals surface area contributed by atoms with Crippen molar-refractivity contribution in [2.24, 2.45) is 0 Å². The van der Waals surface area contributed by atoms with Gasteiger partial charge in [0.05, 0.1) is 11.3 Å². The van der Waals surface area contributed by atoms with Crippen LogP contribution in [0.5, 0.6) is 0 Å². The molecule has 2 heterocycles. The van der Waals surface area contributed by atoms with Crippen LogP contribution in [0.25, 0.3) is 23.0 Å². The molecule has 3 N–H and O–H groups in total. The fourth-order valence-electron chi connectivity index (χ4n) is 1.86. The van der Waals surface area contributed by atoms with Gasteiger partial charge in [0.25, 0.3) is 5.89 Å². The largest absolute Gasteiger partial charge is 0.416 e. The van der Waals surface area contributed by atoms with Crippen LogP contribution >= 0.6 is 0 Å². The fourth-order valence-corrected chi connectivity index (χ4v) is 1.86. The van der Waals surface area contributed by atoms with E-state index in [1.165, 1.54) is 6.07 Å². The highest BCUT2D eigenvalue weighted by Gasteiger charge is 2.31. The third-order valence-electron chi connectivity index (χ3n) is 2.79. The maximum Gasteiger partial charge on any atom is 0.416 e. The minimum Gasteiger partial charge on any atom is -0.399 e. The molecule has 0 fully saturated rings. The molecule has 0 bridgehead atoms. The minimum atomic E-state index is -4.49. The monoisotopic (exact) mass is 294 g/mol. The lowest BCUT2D eigenvalue weighted by molar-refractivity contribution is -0.137. The molecule has 5 nitrogen and oxygen atoms in total. The maximum atomic E-state index is 12.8. The number of aromatic amines is 1. The third kappa shape index (κ3) is 2.60.